The van der Waals surface area contributed by atoms with E-state index in [1.54, 1.807) is 12.1 Å². The molecule has 13 nitrogen and oxygen atoms in total. The van der Waals surface area contributed by atoms with Crippen LogP contribution in [-0.2, 0) is 44.9 Å². The number of nitrogens with zero attached hydrogens (tertiary/aromatic N) is 2. The number of fused-ring (bicyclic) bond motifs is 3. The van der Waals surface area contributed by atoms with Gasteiger partial charge in [0.05, 0.1) is 17.6 Å². The molecule has 1 aliphatic rings. The zero-order chi connectivity index (χ0) is 36.9. The van der Waals surface area contributed by atoms with Gasteiger partial charge in [0.2, 0.25) is 17.7 Å². The fourth-order valence-electron chi connectivity index (χ4n) is 6.22. The monoisotopic (exact) mass is 740 g/mol. The van der Waals surface area contributed by atoms with Crippen LogP contribution in [0.15, 0.2) is 47.0 Å². The van der Waals surface area contributed by atoms with Crippen LogP contribution in [0.1, 0.15) is 80.3 Å². The molecule has 2 heterocycles. The van der Waals surface area contributed by atoms with Crippen molar-refractivity contribution in [3.8, 4) is 0 Å². The number of alkyl carbamates (subject to hydrolysis) is 1. The number of amides is 3. The number of H-pyrrole nitrogens is 1. The first kappa shape index (κ1) is 37.6. The van der Waals surface area contributed by atoms with E-state index >= 15 is 0 Å². The number of aromatic nitrogens is 3. The maximum absolute atomic E-state index is 14.7. The Kier molecular flexibility index (Phi) is 11.6. The van der Waals surface area contributed by atoms with Crippen molar-refractivity contribution in [3.05, 3.63) is 81.0 Å². The third kappa shape index (κ3) is 8.48. The molecular formula is C36H42Cl2N6O7. The molecule has 0 radical (unpaired) electrons. The fourth-order valence-corrected chi connectivity index (χ4v) is 6.76. The quantitative estimate of drug-likeness (QED) is 0.122. The molecule has 4 N–H and O–H groups in total. The molecule has 0 bridgehead atoms. The highest BCUT2D eigenvalue weighted by molar-refractivity contribution is 6.38. The van der Waals surface area contributed by atoms with E-state index in [9.17, 15) is 19.2 Å². The lowest BCUT2D eigenvalue weighted by molar-refractivity contribution is -0.137. The maximum atomic E-state index is 14.7. The van der Waals surface area contributed by atoms with Crippen LogP contribution in [0, 0.1) is 5.92 Å². The molecule has 1 unspecified atom stereocenters. The van der Waals surface area contributed by atoms with Gasteiger partial charge in [-0.15, -0.1) is 0 Å². The summed E-state index contributed by atoms with van der Waals surface area (Å²) in [6.45, 7) is 7.48. The van der Waals surface area contributed by atoms with Gasteiger partial charge < -0.3 is 34.9 Å². The standard InChI is InChI=1S/C36H42Cl2N6O7/c1-6-20(3)28(41-34(48)50-19-21-11-9-8-10-12-21)31(45)42-36(14-13-26-24(17-36)23-15-22(37)16-25(38)29(23)39-26)33(47)43-35(4,7-2)18-27-40-30(44-51-27)32(46)49-5/h8-12,15-16,20,28,39H,6-7,13-14,17-19H2,1-5H3,(H,41,48)(H,42,45)(H,43,47)/t20-,28-,35?,36-/m0/s1. The number of esters is 1. The SMILES string of the molecule is CC[C@H](C)[C@H](NC(=O)OCc1ccccc1)C(=O)N[C@@]1(C(=O)NC(C)(CC)Cc2nc(C(=O)OC)no2)CCc2[nH]c3c(Cl)cc(Cl)cc3c2C1. The van der Waals surface area contributed by atoms with Crippen LogP contribution in [0.25, 0.3) is 10.9 Å². The molecule has 0 spiro atoms. The van der Waals surface area contributed by atoms with E-state index in [0.717, 1.165) is 22.2 Å². The first-order valence-corrected chi connectivity index (χ1v) is 17.6. The summed E-state index contributed by atoms with van der Waals surface area (Å²) < 4.78 is 15.4. The van der Waals surface area contributed by atoms with Gasteiger partial charge in [-0.05, 0) is 60.5 Å². The molecule has 2 aromatic heterocycles. The lowest BCUT2D eigenvalue weighted by atomic mass is 9.77. The minimum Gasteiger partial charge on any atom is -0.463 e. The van der Waals surface area contributed by atoms with Gasteiger partial charge in [0, 0.05) is 34.5 Å². The smallest absolute Gasteiger partial charge is 0.408 e. The molecule has 0 saturated heterocycles. The minimum absolute atomic E-state index is 0.0269. The Morgan fingerprint density at radius 1 is 1.14 bits per heavy atom. The zero-order valence-corrected chi connectivity index (χ0v) is 30.7. The molecule has 1 aliphatic carbocycles. The highest BCUT2D eigenvalue weighted by Crippen LogP contribution is 2.38. The number of rotatable bonds is 13. The second-order valence-electron chi connectivity index (χ2n) is 13.3. The van der Waals surface area contributed by atoms with E-state index in [-0.39, 0.29) is 43.5 Å². The Hall–Kier alpha value is -4.62. The van der Waals surface area contributed by atoms with Crippen LogP contribution in [0.5, 0.6) is 0 Å². The molecular weight excluding hydrogens is 699 g/mol. The molecule has 51 heavy (non-hydrogen) atoms. The Bertz CT molecular complexity index is 1910. The van der Waals surface area contributed by atoms with Crippen molar-refractivity contribution in [2.24, 2.45) is 5.92 Å². The van der Waals surface area contributed by atoms with Crippen LogP contribution in [0.4, 0.5) is 4.79 Å². The van der Waals surface area contributed by atoms with Gasteiger partial charge in [-0.3, -0.25) is 9.59 Å². The molecule has 0 aliphatic heterocycles. The van der Waals surface area contributed by atoms with Crippen LogP contribution >= 0.6 is 23.2 Å². The number of ether oxygens (including phenoxy) is 2. The molecule has 4 atom stereocenters. The van der Waals surface area contributed by atoms with E-state index in [1.165, 1.54) is 7.11 Å². The van der Waals surface area contributed by atoms with Gasteiger partial charge in [-0.25, -0.2) is 9.59 Å². The summed E-state index contributed by atoms with van der Waals surface area (Å²) in [6, 6.07) is 11.6. The lowest BCUT2D eigenvalue weighted by Crippen LogP contribution is -2.67. The number of carbonyl (C=O) groups is 4. The molecule has 5 rings (SSSR count). The number of aryl methyl sites for hydroxylation is 1. The third-order valence-corrected chi connectivity index (χ3v) is 10.2. The predicted octanol–water partition coefficient (Wildman–Crippen LogP) is 5.86. The summed E-state index contributed by atoms with van der Waals surface area (Å²) in [6.07, 6.45) is 1.08. The van der Waals surface area contributed by atoms with Crippen LogP contribution < -0.4 is 16.0 Å². The van der Waals surface area contributed by atoms with Gasteiger partial charge in [-0.2, -0.15) is 4.98 Å². The van der Waals surface area contributed by atoms with Gasteiger partial charge in [0.1, 0.15) is 18.2 Å². The van der Waals surface area contributed by atoms with Gasteiger partial charge in [0.25, 0.3) is 5.82 Å². The maximum Gasteiger partial charge on any atom is 0.408 e. The fraction of sp³-hybridized carbons (Fsp3) is 0.444. The number of aromatic amines is 1. The third-order valence-electron chi connectivity index (χ3n) is 9.65. The van der Waals surface area contributed by atoms with E-state index in [2.05, 4.69) is 35.8 Å². The van der Waals surface area contributed by atoms with Crippen molar-refractivity contribution >= 4 is 58.0 Å². The van der Waals surface area contributed by atoms with E-state index in [1.807, 2.05) is 58.0 Å². The molecule has 3 amide bonds. The van der Waals surface area contributed by atoms with Gasteiger partial charge in [-0.1, -0.05) is 80.7 Å². The summed E-state index contributed by atoms with van der Waals surface area (Å²) in [7, 11) is 1.21. The second kappa shape index (κ2) is 15.7. The van der Waals surface area contributed by atoms with Crippen LogP contribution in [-0.4, -0.2) is 63.2 Å². The van der Waals surface area contributed by atoms with E-state index in [4.69, 9.17) is 32.5 Å². The molecule has 272 valence electrons. The average Bonchev–Trinajstić information content (AvgIpc) is 3.73. The van der Waals surface area contributed by atoms with Crippen molar-refractivity contribution in [2.75, 3.05) is 7.11 Å². The lowest BCUT2D eigenvalue weighted by Gasteiger charge is -2.41. The van der Waals surface area contributed by atoms with Gasteiger partial charge >= 0.3 is 12.1 Å². The van der Waals surface area contributed by atoms with Crippen LogP contribution in [0.2, 0.25) is 10.0 Å². The number of nitrogens with one attached hydrogen (secondary N) is 4. The Balaban J connectivity index is 1.45. The van der Waals surface area contributed by atoms with Crippen molar-refractivity contribution < 1.29 is 33.2 Å². The summed E-state index contributed by atoms with van der Waals surface area (Å²) in [5, 5.41) is 14.3. The second-order valence-corrected chi connectivity index (χ2v) is 14.1. The van der Waals surface area contributed by atoms with E-state index in [0.29, 0.717) is 34.8 Å². The van der Waals surface area contributed by atoms with Crippen molar-refractivity contribution in [1.82, 2.24) is 31.1 Å². The number of hydrogen-bond acceptors (Lipinski definition) is 9. The van der Waals surface area contributed by atoms with E-state index < -0.39 is 41.0 Å². The van der Waals surface area contributed by atoms with Crippen LogP contribution in [0.3, 0.4) is 0 Å². The number of hydrogen-bond donors (Lipinski definition) is 4. The van der Waals surface area contributed by atoms with Crippen molar-refractivity contribution in [3.63, 3.8) is 0 Å². The Labute approximate surface area is 305 Å². The molecule has 4 aromatic rings. The topological polar surface area (TPSA) is 178 Å². The number of halogens is 2. The van der Waals surface area contributed by atoms with Crippen molar-refractivity contribution in [1.29, 1.82) is 0 Å². The number of benzene rings is 2. The van der Waals surface area contributed by atoms with Gasteiger partial charge in [0.15, 0.2) is 0 Å². The number of carbonyl (C=O) groups excluding carboxylic acids is 4. The summed E-state index contributed by atoms with van der Waals surface area (Å²) in [5.41, 5.74) is 0.766. The summed E-state index contributed by atoms with van der Waals surface area (Å²) >= 11 is 13.0. The summed E-state index contributed by atoms with van der Waals surface area (Å²) in [4.78, 5) is 61.4. The Morgan fingerprint density at radius 2 is 1.88 bits per heavy atom. The minimum atomic E-state index is -1.46. The first-order valence-electron chi connectivity index (χ1n) is 16.8. The normalized spacial score (nSPS) is 17.8. The zero-order valence-electron chi connectivity index (χ0n) is 29.2. The predicted molar refractivity (Wildman–Crippen MR) is 190 cm³/mol. The first-order chi connectivity index (χ1) is 24.3. The van der Waals surface area contributed by atoms with Crippen molar-refractivity contribution in [2.45, 2.75) is 89.9 Å². The average molecular weight is 742 g/mol. The highest BCUT2D eigenvalue weighted by Gasteiger charge is 2.47. The number of methoxy groups -OCH3 is 1. The largest absolute Gasteiger partial charge is 0.463 e. The highest BCUT2D eigenvalue weighted by atomic mass is 35.5. The summed E-state index contributed by atoms with van der Waals surface area (Å²) in [5.74, 6) is -2.15. The molecule has 0 saturated carbocycles. The molecule has 15 heteroatoms. The Morgan fingerprint density at radius 3 is 2.57 bits per heavy atom. The molecule has 0 fully saturated rings. The molecule has 2 aromatic carbocycles.